The first-order valence-corrected chi connectivity index (χ1v) is 11.5. The van der Waals surface area contributed by atoms with Gasteiger partial charge in [0.1, 0.15) is 0 Å². The molecule has 0 saturated heterocycles. The first-order chi connectivity index (χ1) is 15.0. The lowest BCUT2D eigenvalue weighted by Gasteiger charge is -2.13. The normalized spacial score (nSPS) is 10.7. The molecule has 154 valence electrons. The molecule has 0 aliphatic carbocycles. The van der Waals surface area contributed by atoms with Crippen molar-refractivity contribution in [1.82, 2.24) is 4.98 Å². The minimum Gasteiger partial charge on any atom is -0.322 e. The fraction of sp³-hybridized carbons (Fsp3) is 0.0400. The van der Waals surface area contributed by atoms with Gasteiger partial charge in [-0.15, -0.1) is 11.8 Å². The highest BCUT2D eigenvalue weighted by Gasteiger charge is 2.15. The maximum atomic E-state index is 13.2. The number of aromatic nitrogens is 1. The third kappa shape index (κ3) is 5.10. The van der Waals surface area contributed by atoms with E-state index in [2.05, 4.69) is 10.3 Å². The zero-order valence-electron chi connectivity index (χ0n) is 16.6. The smallest absolute Gasteiger partial charge is 0.256 e. The predicted molar refractivity (Wildman–Crippen MR) is 131 cm³/mol. The number of rotatable bonds is 5. The van der Waals surface area contributed by atoms with Gasteiger partial charge < -0.3 is 5.32 Å². The summed E-state index contributed by atoms with van der Waals surface area (Å²) in [5.74, 6) is -0.211. The quantitative estimate of drug-likeness (QED) is 0.307. The minimum absolute atomic E-state index is 0.211. The van der Waals surface area contributed by atoms with E-state index >= 15 is 0 Å². The van der Waals surface area contributed by atoms with E-state index in [1.807, 2.05) is 79.1 Å². The summed E-state index contributed by atoms with van der Waals surface area (Å²) in [7, 11) is 0. The van der Waals surface area contributed by atoms with Gasteiger partial charge in [-0.25, -0.2) is 0 Å². The maximum absolute atomic E-state index is 13.2. The summed E-state index contributed by atoms with van der Waals surface area (Å²) < 4.78 is 0. The van der Waals surface area contributed by atoms with Gasteiger partial charge in [-0.1, -0.05) is 41.4 Å². The molecule has 0 radical (unpaired) electrons. The zero-order valence-corrected chi connectivity index (χ0v) is 18.9. The van der Waals surface area contributed by atoms with E-state index in [0.717, 1.165) is 27.3 Å². The topological polar surface area (TPSA) is 42.0 Å². The van der Waals surface area contributed by atoms with Crippen molar-refractivity contribution in [3.63, 3.8) is 0 Å². The van der Waals surface area contributed by atoms with Crippen LogP contribution >= 0.6 is 35.0 Å². The number of hydrogen-bond acceptors (Lipinski definition) is 3. The molecule has 4 aromatic rings. The van der Waals surface area contributed by atoms with Crippen LogP contribution in [-0.2, 0) is 0 Å². The van der Waals surface area contributed by atoms with Crippen LogP contribution in [0.3, 0.4) is 0 Å². The molecule has 6 heteroatoms. The SMILES string of the molecule is CSc1ccc(C(=O)Nc2cccc(-c3ccccn3)c2)c(-c2cc(Cl)cc(Cl)c2)c1. The van der Waals surface area contributed by atoms with Crippen LogP contribution in [0, 0.1) is 0 Å². The Labute approximate surface area is 195 Å². The number of anilines is 1. The molecule has 1 N–H and O–H groups in total. The summed E-state index contributed by atoms with van der Waals surface area (Å²) in [6, 6.07) is 24.4. The number of hydrogen-bond donors (Lipinski definition) is 1. The summed E-state index contributed by atoms with van der Waals surface area (Å²) in [5.41, 5.74) is 4.57. The number of benzene rings is 3. The number of carbonyl (C=O) groups excluding carboxylic acids is 1. The van der Waals surface area contributed by atoms with Gasteiger partial charge in [0.15, 0.2) is 0 Å². The summed E-state index contributed by atoms with van der Waals surface area (Å²) >= 11 is 14.0. The van der Waals surface area contributed by atoms with Crippen LogP contribution in [-0.4, -0.2) is 17.1 Å². The van der Waals surface area contributed by atoms with Crippen LogP contribution in [0.25, 0.3) is 22.4 Å². The lowest BCUT2D eigenvalue weighted by Crippen LogP contribution is -2.13. The Morgan fingerprint density at radius 1 is 0.871 bits per heavy atom. The van der Waals surface area contributed by atoms with Crippen molar-refractivity contribution >= 4 is 46.6 Å². The van der Waals surface area contributed by atoms with Crippen molar-refractivity contribution in [2.24, 2.45) is 0 Å². The molecule has 0 bridgehead atoms. The third-order valence-corrected chi connectivity index (χ3v) is 5.89. The molecule has 0 spiro atoms. The van der Waals surface area contributed by atoms with Crippen LogP contribution in [0.5, 0.6) is 0 Å². The highest BCUT2D eigenvalue weighted by atomic mass is 35.5. The molecule has 0 aliphatic rings. The largest absolute Gasteiger partial charge is 0.322 e. The van der Waals surface area contributed by atoms with Crippen molar-refractivity contribution < 1.29 is 4.79 Å². The molecule has 3 nitrogen and oxygen atoms in total. The maximum Gasteiger partial charge on any atom is 0.256 e. The second kappa shape index (κ2) is 9.56. The van der Waals surface area contributed by atoms with Crippen molar-refractivity contribution in [2.45, 2.75) is 4.90 Å². The van der Waals surface area contributed by atoms with Gasteiger partial charge in [0.2, 0.25) is 0 Å². The standard InChI is InChI=1S/C25H18Cl2N2OS/c1-31-21-8-9-22(23(15-21)17-11-18(26)14-19(27)12-17)25(30)29-20-6-4-5-16(13-20)24-7-2-3-10-28-24/h2-15H,1H3,(H,29,30). The van der Waals surface area contributed by atoms with Crippen LogP contribution in [0.2, 0.25) is 10.0 Å². The summed E-state index contributed by atoms with van der Waals surface area (Å²) in [4.78, 5) is 18.6. The number of pyridine rings is 1. The molecular formula is C25H18Cl2N2OS. The van der Waals surface area contributed by atoms with Crippen molar-refractivity contribution in [1.29, 1.82) is 0 Å². The third-order valence-electron chi connectivity index (χ3n) is 4.73. The number of thioether (sulfide) groups is 1. The Morgan fingerprint density at radius 3 is 2.39 bits per heavy atom. The van der Waals surface area contributed by atoms with Crippen LogP contribution in [0.4, 0.5) is 5.69 Å². The Hall–Kier alpha value is -2.79. The number of nitrogens with zero attached hydrogens (tertiary/aromatic N) is 1. The van der Waals surface area contributed by atoms with Crippen LogP contribution < -0.4 is 5.32 Å². The number of nitrogens with one attached hydrogen (secondary N) is 1. The van der Waals surface area contributed by atoms with Crippen LogP contribution in [0.15, 0.2) is 90.0 Å². The lowest BCUT2D eigenvalue weighted by atomic mass is 9.99. The monoisotopic (exact) mass is 464 g/mol. The minimum atomic E-state index is -0.211. The van der Waals surface area contributed by atoms with Gasteiger partial charge >= 0.3 is 0 Å². The van der Waals surface area contributed by atoms with Crippen molar-refractivity contribution in [2.75, 3.05) is 11.6 Å². The fourth-order valence-corrected chi connectivity index (χ4v) is 4.25. The molecule has 4 rings (SSSR count). The average molecular weight is 465 g/mol. The molecule has 1 aromatic heterocycles. The molecule has 0 saturated carbocycles. The molecule has 0 aliphatic heterocycles. The molecule has 3 aromatic carbocycles. The van der Waals surface area contributed by atoms with Crippen molar-refractivity contribution in [3.05, 3.63) is 101 Å². The zero-order chi connectivity index (χ0) is 21.8. The van der Waals surface area contributed by atoms with Gasteiger partial charge in [0.25, 0.3) is 5.91 Å². The van der Waals surface area contributed by atoms with E-state index < -0.39 is 0 Å². The second-order valence-corrected chi connectivity index (χ2v) is 8.57. The van der Waals surface area contributed by atoms with E-state index in [9.17, 15) is 4.79 Å². The van der Waals surface area contributed by atoms with E-state index in [0.29, 0.717) is 21.3 Å². The molecule has 1 amide bonds. The van der Waals surface area contributed by atoms with E-state index in [-0.39, 0.29) is 5.91 Å². The molecule has 0 unspecified atom stereocenters. The molecule has 31 heavy (non-hydrogen) atoms. The lowest BCUT2D eigenvalue weighted by molar-refractivity contribution is 0.102. The Balaban J connectivity index is 1.69. The number of halogens is 2. The van der Waals surface area contributed by atoms with E-state index in [4.69, 9.17) is 23.2 Å². The predicted octanol–water partition coefficient (Wildman–Crippen LogP) is 7.70. The molecule has 0 fully saturated rings. The number of carbonyl (C=O) groups is 1. The Bertz CT molecular complexity index is 1230. The van der Waals surface area contributed by atoms with Gasteiger partial charge in [-0.2, -0.15) is 0 Å². The molecule has 1 heterocycles. The highest BCUT2D eigenvalue weighted by Crippen LogP contribution is 2.33. The summed E-state index contributed by atoms with van der Waals surface area (Å²) in [6.07, 6.45) is 3.74. The summed E-state index contributed by atoms with van der Waals surface area (Å²) in [5, 5.41) is 4.05. The van der Waals surface area contributed by atoms with Gasteiger partial charge in [0, 0.05) is 38.0 Å². The Morgan fingerprint density at radius 2 is 1.68 bits per heavy atom. The van der Waals surface area contributed by atoms with Gasteiger partial charge in [0.05, 0.1) is 5.69 Å². The van der Waals surface area contributed by atoms with E-state index in [1.165, 1.54) is 0 Å². The first-order valence-electron chi connectivity index (χ1n) is 9.51. The molecular weight excluding hydrogens is 447 g/mol. The first kappa shape index (κ1) is 21.4. The highest BCUT2D eigenvalue weighted by molar-refractivity contribution is 7.98. The van der Waals surface area contributed by atoms with Crippen molar-refractivity contribution in [3.8, 4) is 22.4 Å². The van der Waals surface area contributed by atoms with Gasteiger partial charge in [-0.3, -0.25) is 9.78 Å². The summed E-state index contributed by atoms with van der Waals surface area (Å²) in [6.45, 7) is 0. The Kier molecular flexibility index (Phi) is 6.62. The second-order valence-electron chi connectivity index (χ2n) is 6.82. The fourth-order valence-electron chi connectivity index (χ4n) is 3.28. The van der Waals surface area contributed by atoms with Crippen LogP contribution in [0.1, 0.15) is 10.4 Å². The molecule has 0 atom stereocenters. The average Bonchev–Trinajstić information content (AvgIpc) is 2.78. The number of amides is 1. The van der Waals surface area contributed by atoms with Gasteiger partial charge in [-0.05, 0) is 78.0 Å². The van der Waals surface area contributed by atoms with E-state index in [1.54, 1.807) is 24.0 Å².